The van der Waals surface area contributed by atoms with Crippen molar-refractivity contribution >= 4 is 37.9 Å². The van der Waals surface area contributed by atoms with Crippen LogP contribution in [0.15, 0.2) is 48.2 Å². The van der Waals surface area contributed by atoms with Gasteiger partial charge in [0, 0.05) is 0 Å². The normalized spacial score (nSPS) is 16.0. The number of hydrogen-bond acceptors (Lipinski definition) is 4. The van der Waals surface area contributed by atoms with Crippen molar-refractivity contribution in [1.29, 1.82) is 0 Å². The quantitative estimate of drug-likeness (QED) is 0.596. The SMILES string of the molecule is CCc1ccc(N2C(=O)/C(=C\c3cc(O)cc(O)c3)N(CC)C2=[Se])cc1. The topological polar surface area (TPSA) is 64.0 Å². The number of hydrogen-bond donors (Lipinski definition) is 2. The van der Waals surface area contributed by atoms with E-state index in [1.54, 1.807) is 11.0 Å². The first-order valence-corrected chi connectivity index (χ1v) is 9.29. The molecule has 5 nitrogen and oxygen atoms in total. The van der Waals surface area contributed by atoms with E-state index in [1.165, 1.54) is 23.8 Å². The Balaban J connectivity index is 2.02. The molecular weight excluding hydrogens is 395 g/mol. The van der Waals surface area contributed by atoms with Crippen molar-refractivity contribution in [3.05, 3.63) is 59.3 Å². The first-order chi connectivity index (χ1) is 12.4. The Kier molecular flexibility index (Phi) is 5.16. The molecule has 0 atom stereocenters. The second-order valence-corrected chi connectivity index (χ2v) is 6.77. The van der Waals surface area contributed by atoms with E-state index in [-0.39, 0.29) is 17.4 Å². The number of rotatable bonds is 4. The summed E-state index contributed by atoms with van der Waals surface area (Å²) in [5, 5.41) is 19.4. The summed E-state index contributed by atoms with van der Waals surface area (Å²) >= 11 is 2.99. The van der Waals surface area contributed by atoms with E-state index in [0.29, 0.717) is 22.5 Å². The maximum atomic E-state index is 13.1. The summed E-state index contributed by atoms with van der Waals surface area (Å²) in [6, 6.07) is 12.2. The van der Waals surface area contributed by atoms with Gasteiger partial charge in [-0.15, -0.1) is 0 Å². The first-order valence-electron chi connectivity index (χ1n) is 8.44. The van der Waals surface area contributed by atoms with Crippen LogP contribution in [-0.4, -0.2) is 47.8 Å². The second kappa shape index (κ2) is 7.36. The summed E-state index contributed by atoms with van der Waals surface area (Å²) in [7, 11) is 0. The van der Waals surface area contributed by atoms with Crippen molar-refractivity contribution in [1.82, 2.24) is 4.90 Å². The molecule has 3 rings (SSSR count). The van der Waals surface area contributed by atoms with Gasteiger partial charge in [0.15, 0.2) is 0 Å². The van der Waals surface area contributed by atoms with Crippen LogP contribution in [0.1, 0.15) is 25.0 Å². The predicted octanol–water partition coefficient (Wildman–Crippen LogP) is 2.63. The number of likely N-dealkylation sites (N-methyl/N-ethyl adjacent to an activating group) is 1. The fourth-order valence-corrected chi connectivity index (χ4v) is 3.83. The number of aromatic hydroxyl groups is 2. The van der Waals surface area contributed by atoms with Crippen LogP contribution in [0.2, 0.25) is 0 Å². The molecule has 2 aromatic carbocycles. The van der Waals surface area contributed by atoms with Crippen LogP contribution in [0.3, 0.4) is 0 Å². The van der Waals surface area contributed by atoms with Crippen LogP contribution in [0.25, 0.3) is 6.08 Å². The van der Waals surface area contributed by atoms with E-state index in [4.69, 9.17) is 0 Å². The molecule has 6 heteroatoms. The minimum atomic E-state index is -0.160. The summed E-state index contributed by atoms with van der Waals surface area (Å²) in [5.74, 6) is -0.262. The average Bonchev–Trinajstić information content (AvgIpc) is 2.84. The van der Waals surface area contributed by atoms with Gasteiger partial charge in [0.25, 0.3) is 0 Å². The Morgan fingerprint density at radius 2 is 1.65 bits per heavy atom. The monoisotopic (exact) mass is 416 g/mol. The van der Waals surface area contributed by atoms with E-state index in [9.17, 15) is 15.0 Å². The van der Waals surface area contributed by atoms with Crippen molar-refractivity contribution < 1.29 is 15.0 Å². The van der Waals surface area contributed by atoms with Gasteiger partial charge in [-0.2, -0.15) is 0 Å². The number of anilines is 1. The van der Waals surface area contributed by atoms with Crippen molar-refractivity contribution in [2.75, 3.05) is 11.4 Å². The summed E-state index contributed by atoms with van der Waals surface area (Å²) in [6.07, 6.45) is 2.61. The number of carbonyl (C=O) groups is 1. The van der Waals surface area contributed by atoms with Gasteiger partial charge in [0.1, 0.15) is 0 Å². The van der Waals surface area contributed by atoms with Crippen molar-refractivity contribution in [3.8, 4) is 11.5 Å². The Labute approximate surface area is 160 Å². The number of carbonyl (C=O) groups excluding carboxylic acids is 1. The van der Waals surface area contributed by atoms with Gasteiger partial charge < -0.3 is 0 Å². The summed E-state index contributed by atoms with van der Waals surface area (Å²) < 4.78 is 0.706. The molecule has 0 spiro atoms. The van der Waals surface area contributed by atoms with Crippen LogP contribution in [0.5, 0.6) is 11.5 Å². The number of phenolic OH excluding ortho intramolecular Hbond substituents is 2. The number of phenols is 2. The molecular formula is C20H20N2O3Se. The molecule has 1 heterocycles. The number of aryl methyl sites for hydroxylation is 1. The zero-order chi connectivity index (χ0) is 18.8. The Morgan fingerprint density at radius 1 is 1.04 bits per heavy atom. The van der Waals surface area contributed by atoms with Gasteiger partial charge in [0.05, 0.1) is 0 Å². The van der Waals surface area contributed by atoms with Crippen molar-refractivity contribution in [2.45, 2.75) is 20.3 Å². The summed E-state index contributed by atoms with van der Waals surface area (Å²) in [4.78, 5) is 16.6. The van der Waals surface area contributed by atoms with Crippen molar-refractivity contribution in [3.63, 3.8) is 0 Å². The van der Waals surface area contributed by atoms with Gasteiger partial charge in [-0.1, -0.05) is 0 Å². The Morgan fingerprint density at radius 3 is 2.19 bits per heavy atom. The van der Waals surface area contributed by atoms with Crippen LogP contribution in [0, 0.1) is 0 Å². The number of benzene rings is 2. The van der Waals surface area contributed by atoms with Crippen LogP contribution >= 0.6 is 0 Å². The van der Waals surface area contributed by atoms with Gasteiger partial charge in [-0.05, 0) is 0 Å². The molecule has 1 amide bonds. The van der Waals surface area contributed by atoms with E-state index in [1.807, 2.05) is 36.1 Å². The molecule has 1 saturated heterocycles. The Bertz CT molecular complexity index is 870. The minimum absolute atomic E-state index is 0.0513. The molecule has 26 heavy (non-hydrogen) atoms. The van der Waals surface area contributed by atoms with E-state index < -0.39 is 0 Å². The summed E-state index contributed by atoms with van der Waals surface area (Å²) in [5.41, 5.74) is 3.04. The molecule has 1 aliphatic rings. The van der Waals surface area contributed by atoms with Crippen LogP contribution < -0.4 is 4.90 Å². The van der Waals surface area contributed by atoms with Crippen LogP contribution in [0.4, 0.5) is 5.69 Å². The van der Waals surface area contributed by atoms with Gasteiger partial charge in [0.2, 0.25) is 0 Å². The second-order valence-electron chi connectivity index (χ2n) is 6.00. The molecule has 2 N–H and O–H groups in total. The third-order valence-electron chi connectivity index (χ3n) is 4.28. The fraction of sp³-hybridized carbons (Fsp3) is 0.200. The van der Waals surface area contributed by atoms with Crippen molar-refractivity contribution in [2.24, 2.45) is 0 Å². The van der Waals surface area contributed by atoms with E-state index >= 15 is 0 Å². The van der Waals surface area contributed by atoms with E-state index in [2.05, 4.69) is 22.5 Å². The molecule has 1 fully saturated rings. The molecule has 0 saturated carbocycles. The van der Waals surface area contributed by atoms with Gasteiger partial charge >= 0.3 is 160 Å². The van der Waals surface area contributed by atoms with Gasteiger partial charge in [-0.25, -0.2) is 0 Å². The molecule has 134 valence electrons. The standard InChI is InChI=1S/C20H20N2O3Se/c1-3-13-5-7-15(8-6-13)22-19(25)18(21(4-2)20(22)26)11-14-9-16(23)12-17(24)10-14/h5-12,23-24H,3-4H2,1-2H3/b18-11+. The van der Waals surface area contributed by atoms with Crippen LogP contribution in [-0.2, 0) is 11.2 Å². The maximum absolute atomic E-state index is 13.1. The fourth-order valence-electron chi connectivity index (χ4n) is 2.95. The number of amides is 1. The molecule has 0 aliphatic carbocycles. The molecule has 2 aromatic rings. The van der Waals surface area contributed by atoms with Gasteiger partial charge in [-0.3, -0.25) is 0 Å². The summed E-state index contributed by atoms with van der Waals surface area (Å²) in [6.45, 7) is 4.65. The molecule has 0 bridgehead atoms. The first kappa shape index (κ1) is 18.2. The molecule has 0 unspecified atom stereocenters. The molecule has 1 aliphatic heterocycles. The third kappa shape index (κ3) is 3.39. The molecule has 0 radical (unpaired) electrons. The zero-order valence-corrected chi connectivity index (χ0v) is 16.4. The Hall–Kier alpha value is -2.56. The predicted molar refractivity (Wildman–Crippen MR) is 104 cm³/mol. The average molecular weight is 415 g/mol. The zero-order valence-electron chi connectivity index (χ0n) is 14.6. The third-order valence-corrected chi connectivity index (χ3v) is 5.13. The van der Waals surface area contributed by atoms with E-state index in [0.717, 1.165) is 12.1 Å². The number of nitrogens with zero attached hydrogens (tertiary/aromatic N) is 2. The molecule has 0 aromatic heterocycles.